The molecule has 0 saturated carbocycles. The summed E-state index contributed by atoms with van der Waals surface area (Å²) in [5.74, 6) is 0.0525. The van der Waals surface area contributed by atoms with Crippen molar-refractivity contribution in [2.45, 2.75) is 18.9 Å². The molecular formula is C11H14N4O2. The molecule has 6 nitrogen and oxygen atoms in total. The minimum atomic E-state index is 0.0525. The van der Waals surface area contributed by atoms with Crippen LogP contribution in [-0.4, -0.2) is 45.7 Å². The zero-order valence-electron chi connectivity index (χ0n) is 9.67. The van der Waals surface area contributed by atoms with Crippen LogP contribution >= 0.6 is 0 Å². The molecule has 1 aromatic rings. The first-order chi connectivity index (χ1) is 8.25. The van der Waals surface area contributed by atoms with Crippen LogP contribution < -0.4 is 0 Å². The van der Waals surface area contributed by atoms with E-state index in [1.165, 1.54) is 0 Å². The van der Waals surface area contributed by atoms with Gasteiger partial charge in [0.05, 0.1) is 30.5 Å². The Morgan fingerprint density at radius 3 is 3.06 bits per heavy atom. The van der Waals surface area contributed by atoms with Crippen LogP contribution in [0.2, 0.25) is 0 Å². The summed E-state index contributed by atoms with van der Waals surface area (Å²) in [6.07, 6.45) is 2.94. The van der Waals surface area contributed by atoms with Gasteiger partial charge in [0.15, 0.2) is 0 Å². The predicted octanol–water partition coefficient (Wildman–Crippen LogP) is 0.145. The fourth-order valence-corrected chi connectivity index (χ4v) is 2.24. The Bertz CT molecular complexity index is 474. The van der Waals surface area contributed by atoms with Crippen LogP contribution in [0.5, 0.6) is 0 Å². The van der Waals surface area contributed by atoms with Gasteiger partial charge in [-0.2, -0.15) is 10.2 Å². The Morgan fingerprint density at radius 1 is 1.53 bits per heavy atom. The summed E-state index contributed by atoms with van der Waals surface area (Å²) >= 11 is 0. The molecule has 1 atom stereocenters. The van der Waals surface area contributed by atoms with E-state index < -0.39 is 0 Å². The molecule has 1 unspecified atom stereocenters. The number of nitrogens with zero attached hydrogens (tertiary/aromatic N) is 4. The summed E-state index contributed by atoms with van der Waals surface area (Å²) in [6, 6.07) is 1.98. The summed E-state index contributed by atoms with van der Waals surface area (Å²) < 4.78 is 7.02. The van der Waals surface area contributed by atoms with Crippen LogP contribution in [0.3, 0.4) is 0 Å². The summed E-state index contributed by atoms with van der Waals surface area (Å²) in [6.45, 7) is 1.30. The van der Waals surface area contributed by atoms with Gasteiger partial charge in [-0.25, -0.2) is 5.01 Å². The van der Waals surface area contributed by atoms with Gasteiger partial charge in [-0.15, -0.1) is 0 Å². The number of aromatic nitrogens is 2. The highest BCUT2D eigenvalue weighted by Gasteiger charge is 2.33. The average molecular weight is 234 g/mol. The number of carbonyl (C=O) groups is 1. The summed E-state index contributed by atoms with van der Waals surface area (Å²) in [4.78, 5) is 11.9. The third kappa shape index (κ3) is 1.74. The number of hydrogen-bond acceptors (Lipinski definition) is 4. The molecule has 0 N–H and O–H groups in total. The van der Waals surface area contributed by atoms with Crippen molar-refractivity contribution in [2.75, 3.05) is 13.2 Å². The molecule has 6 heteroatoms. The van der Waals surface area contributed by atoms with E-state index in [0.717, 1.165) is 17.8 Å². The molecule has 1 fully saturated rings. The lowest BCUT2D eigenvalue weighted by molar-refractivity contribution is -0.130. The highest BCUT2D eigenvalue weighted by molar-refractivity contribution is 6.12. The Kier molecular flexibility index (Phi) is 2.44. The Labute approximate surface area is 98.8 Å². The van der Waals surface area contributed by atoms with Crippen molar-refractivity contribution in [2.24, 2.45) is 12.1 Å². The zero-order chi connectivity index (χ0) is 11.8. The SMILES string of the molecule is Cn1nccc1C1=NN(C2CCOC2)C(=O)C1. The number of amides is 1. The van der Waals surface area contributed by atoms with Crippen LogP contribution in [0.15, 0.2) is 17.4 Å². The molecule has 1 saturated heterocycles. The third-order valence-corrected chi connectivity index (χ3v) is 3.17. The molecular weight excluding hydrogens is 220 g/mol. The Hall–Kier alpha value is -1.69. The van der Waals surface area contributed by atoms with E-state index in [2.05, 4.69) is 10.2 Å². The van der Waals surface area contributed by atoms with Crippen LogP contribution in [0.4, 0.5) is 0 Å². The third-order valence-electron chi connectivity index (χ3n) is 3.17. The molecule has 0 spiro atoms. The smallest absolute Gasteiger partial charge is 0.249 e. The molecule has 0 bridgehead atoms. The zero-order valence-corrected chi connectivity index (χ0v) is 9.67. The fraction of sp³-hybridized carbons (Fsp3) is 0.545. The van der Waals surface area contributed by atoms with Gasteiger partial charge < -0.3 is 4.74 Å². The molecule has 0 aliphatic carbocycles. The summed E-state index contributed by atoms with van der Waals surface area (Å²) in [7, 11) is 1.85. The number of hydrogen-bond donors (Lipinski definition) is 0. The second-order valence-corrected chi connectivity index (χ2v) is 4.32. The number of aryl methyl sites for hydroxylation is 1. The van der Waals surface area contributed by atoms with E-state index in [1.54, 1.807) is 15.9 Å². The van der Waals surface area contributed by atoms with Crippen LogP contribution in [0.25, 0.3) is 0 Å². The first kappa shape index (κ1) is 10.5. The van der Waals surface area contributed by atoms with Gasteiger partial charge in [-0.3, -0.25) is 9.48 Å². The monoisotopic (exact) mass is 234 g/mol. The van der Waals surface area contributed by atoms with Crippen LogP contribution in [0.1, 0.15) is 18.5 Å². The van der Waals surface area contributed by atoms with Crippen LogP contribution in [0, 0.1) is 0 Å². The minimum Gasteiger partial charge on any atom is -0.379 e. The Morgan fingerprint density at radius 2 is 2.41 bits per heavy atom. The van der Waals surface area contributed by atoms with Gasteiger partial charge in [-0.05, 0) is 12.5 Å². The fourth-order valence-electron chi connectivity index (χ4n) is 2.24. The van der Waals surface area contributed by atoms with Gasteiger partial charge in [-0.1, -0.05) is 0 Å². The van der Waals surface area contributed by atoms with E-state index in [9.17, 15) is 4.79 Å². The summed E-state index contributed by atoms with van der Waals surface area (Å²) in [5, 5.41) is 10.1. The molecule has 3 rings (SSSR count). The van der Waals surface area contributed by atoms with E-state index in [1.807, 2.05) is 13.1 Å². The van der Waals surface area contributed by atoms with Crippen molar-refractivity contribution in [1.29, 1.82) is 0 Å². The molecule has 0 radical (unpaired) electrons. The predicted molar refractivity (Wildman–Crippen MR) is 60.4 cm³/mol. The number of carbonyl (C=O) groups excluding carboxylic acids is 1. The first-order valence-electron chi connectivity index (χ1n) is 5.71. The van der Waals surface area contributed by atoms with Crippen molar-refractivity contribution in [3.63, 3.8) is 0 Å². The van der Waals surface area contributed by atoms with E-state index in [4.69, 9.17) is 4.74 Å². The maximum absolute atomic E-state index is 11.9. The average Bonchev–Trinajstić information content (AvgIpc) is 2.97. The number of hydrazone groups is 1. The lowest BCUT2D eigenvalue weighted by Gasteiger charge is -2.17. The molecule has 3 heterocycles. The van der Waals surface area contributed by atoms with Crippen molar-refractivity contribution in [3.8, 4) is 0 Å². The first-order valence-corrected chi connectivity index (χ1v) is 5.71. The van der Waals surface area contributed by atoms with Gasteiger partial charge in [0.1, 0.15) is 0 Å². The van der Waals surface area contributed by atoms with Crippen molar-refractivity contribution in [3.05, 3.63) is 18.0 Å². The van der Waals surface area contributed by atoms with Crippen molar-refractivity contribution < 1.29 is 9.53 Å². The van der Waals surface area contributed by atoms with E-state index >= 15 is 0 Å². The molecule has 0 aromatic carbocycles. The normalized spacial score (nSPS) is 24.5. The molecule has 1 amide bonds. The van der Waals surface area contributed by atoms with Crippen molar-refractivity contribution in [1.82, 2.24) is 14.8 Å². The highest BCUT2D eigenvalue weighted by Crippen LogP contribution is 2.21. The topological polar surface area (TPSA) is 59.7 Å². The van der Waals surface area contributed by atoms with Gasteiger partial charge in [0.25, 0.3) is 0 Å². The lowest BCUT2D eigenvalue weighted by Crippen LogP contribution is -2.33. The van der Waals surface area contributed by atoms with Gasteiger partial charge in [0, 0.05) is 19.9 Å². The quantitative estimate of drug-likeness (QED) is 0.731. The molecule has 2 aliphatic heterocycles. The minimum absolute atomic E-state index is 0.0525. The maximum Gasteiger partial charge on any atom is 0.249 e. The Balaban J connectivity index is 1.86. The van der Waals surface area contributed by atoms with E-state index in [0.29, 0.717) is 19.6 Å². The van der Waals surface area contributed by atoms with Crippen LogP contribution in [-0.2, 0) is 16.6 Å². The highest BCUT2D eigenvalue weighted by atomic mass is 16.5. The molecule has 17 heavy (non-hydrogen) atoms. The lowest BCUT2D eigenvalue weighted by atomic mass is 10.2. The molecule has 90 valence electrons. The second kappa shape index (κ2) is 3.96. The van der Waals surface area contributed by atoms with Crippen molar-refractivity contribution >= 4 is 11.6 Å². The molecule has 1 aromatic heterocycles. The van der Waals surface area contributed by atoms with Gasteiger partial charge in [0.2, 0.25) is 5.91 Å². The molecule has 2 aliphatic rings. The summed E-state index contributed by atoms with van der Waals surface area (Å²) in [5.41, 5.74) is 1.70. The number of rotatable bonds is 2. The largest absolute Gasteiger partial charge is 0.379 e. The van der Waals surface area contributed by atoms with E-state index in [-0.39, 0.29) is 11.9 Å². The second-order valence-electron chi connectivity index (χ2n) is 4.32. The number of ether oxygens (including phenoxy) is 1. The maximum atomic E-state index is 11.9. The van der Waals surface area contributed by atoms with Gasteiger partial charge >= 0.3 is 0 Å². The standard InChI is InChI=1S/C11H14N4O2/c1-14-10(2-4-12-14)9-6-11(16)15(13-9)8-3-5-17-7-8/h2,4,8H,3,5-7H2,1H3.